The van der Waals surface area contributed by atoms with E-state index in [1.54, 1.807) is 0 Å². The summed E-state index contributed by atoms with van der Waals surface area (Å²) in [5, 5.41) is 7.78. The minimum atomic E-state index is 0.0262. The van der Waals surface area contributed by atoms with Gasteiger partial charge >= 0.3 is 0 Å². The first-order chi connectivity index (χ1) is 15.7. The van der Waals surface area contributed by atoms with Crippen LogP contribution < -0.4 is 5.32 Å². The largest absolute Gasteiger partial charge is 0.370 e. The average Bonchev–Trinajstić information content (AvgIpc) is 3.09. The van der Waals surface area contributed by atoms with Crippen LogP contribution in [-0.4, -0.2) is 64.9 Å². The van der Waals surface area contributed by atoms with Crippen molar-refractivity contribution in [1.29, 1.82) is 0 Å². The third-order valence-electron chi connectivity index (χ3n) is 6.31. The Balaban J connectivity index is 1.40. The van der Waals surface area contributed by atoms with Gasteiger partial charge < -0.3 is 15.0 Å². The Labute approximate surface area is 192 Å². The second-order valence-electron chi connectivity index (χ2n) is 8.93. The summed E-state index contributed by atoms with van der Waals surface area (Å²) in [7, 11) is 1.94. The highest BCUT2D eigenvalue weighted by molar-refractivity contribution is 5.80. The lowest BCUT2D eigenvalue weighted by atomic mass is 10.1. The molecule has 2 saturated heterocycles. The predicted octanol–water partition coefficient (Wildman–Crippen LogP) is 3.34. The van der Waals surface area contributed by atoms with E-state index in [9.17, 15) is 0 Å². The predicted molar refractivity (Wildman–Crippen MR) is 128 cm³/mol. The molecule has 32 heavy (non-hydrogen) atoms. The molecule has 1 aromatic carbocycles. The van der Waals surface area contributed by atoms with Gasteiger partial charge in [-0.15, -0.1) is 0 Å². The molecule has 0 radical (unpaired) electrons. The van der Waals surface area contributed by atoms with E-state index in [1.807, 2.05) is 24.1 Å². The van der Waals surface area contributed by atoms with Crippen molar-refractivity contribution in [3.05, 3.63) is 53.3 Å². The van der Waals surface area contributed by atoms with E-state index < -0.39 is 0 Å². The Morgan fingerprint density at radius 3 is 2.72 bits per heavy atom. The van der Waals surface area contributed by atoms with Crippen LogP contribution in [0.25, 0.3) is 0 Å². The van der Waals surface area contributed by atoms with Crippen LogP contribution >= 0.6 is 0 Å². The van der Waals surface area contributed by atoms with Crippen LogP contribution in [0.1, 0.15) is 55.4 Å². The fourth-order valence-corrected chi connectivity index (χ4v) is 4.62. The van der Waals surface area contributed by atoms with Crippen LogP contribution in [0.4, 0.5) is 0 Å². The lowest BCUT2D eigenvalue weighted by molar-refractivity contribution is -0.00805. The fraction of sp³-hybridized carbons (Fsp3) is 0.600. The Bertz CT molecular complexity index is 871. The summed E-state index contributed by atoms with van der Waals surface area (Å²) < 4.78 is 7.84. The van der Waals surface area contributed by atoms with Gasteiger partial charge in [-0.05, 0) is 44.0 Å². The number of aryl methyl sites for hydroxylation is 1. The molecule has 0 aliphatic carbocycles. The normalized spacial score (nSPS) is 20.9. The van der Waals surface area contributed by atoms with Crippen molar-refractivity contribution < 1.29 is 4.74 Å². The summed E-state index contributed by atoms with van der Waals surface area (Å²) in [4.78, 5) is 9.90. The number of morpholine rings is 1. The van der Waals surface area contributed by atoms with E-state index in [0.29, 0.717) is 13.2 Å². The standard InChI is InChI=1S/C25H38N6O/c1-3-26-25(31-13-14-32-24(20-31)23-17-28-29(2)19-23)27-16-21-9-8-10-22(15-21)18-30-11-6-4-5-7-12-30/h8-10,15,17,19,24H,3-7,11-14,16,18,20H2,1-2H3,(H,26,27). The van der Waals surface area contributed by atoms with Crippen molar-refractivity contribution in [3.8, 4) is 0 Å². The molecule has 3 heterocycles. The quantitative estimate of drug-likeness (QED) is 0.554. The molecular weight excluding hydrogens is 400 g/mol. The van der Waals surface area contributed by atoms with Gasteiger partial charge in [0, 0.05) is 38.4 Å². The maximum Gasteiger partial charge on any atom is 0.194 e. The number of guanidine groups is 1. The van der Waals surface area contributed by atoms with Crippen molar-refractivity contribution in [2.75, 3.05) is 39.3 Å². The molecule has 1 unspecified atom stereocenters. The molecule has 2 aliphatic heterocycles. The van der Waals surface area contributed by atoms with Gasteiger partial charge in [-0.1, -0.05) is 37.1 Å². The van der Waals surface area contributed by atoms with Crippen molar-refractivity contribution in [1.82, 2.24) is 24.9 Å². The smallest absolute Gasteiger partial charge is 0.194 e. The van der Waals surface area contributed by atoms with Crippen LogP contribution in [-0.2, 0) is 24.9 Å². The summed E-state index contributed by atoms with van der Waals surface area (Å²) >= 11 is 0. The molecule has 2 aromatic rings. The SMILES string of the molecule is CCNC(=NCc1cccc(CN2CCCCCC2)c1)N1CCOC(c2cnn(C)c2)C1. The first-order valence-corrected chi connectivity index (χ1v) is 12.1. The van der Waals surface area contributed by atoms with Crippen LogP contribution in [0, 0.1) is 0 Å². The van der Waals surface area contributed by atoms with E-state index >= 15 is 0 Å². The Morgan fingerprint density at radius 2 is 1.97 bits per heavy atom. The molecule has 1 aromatic heterocycles. The molecule has 2 aliphatic rings. The summed E-state index contributed by atoms with van der Waals surface area (Å²) in [6, 6.07) is 8.95. The van der Waals surface area contributed by atoms with E-state index in [0.717, 1.165) is 37.7 Å². The number of benzene rings is 1. The number of aromatic nitrogens is 2. The fourth-order valence-electron chi connectivity index (χ4n) is 4.62. The number of aliphatic imine (C=N–C) groups is 1. The lowest BCUT2D eigenvalue weighted by Gasteiger charge is -2.34. The van der Waals surface area contributed by atoms with E-state index in [-0.39, 0.29) is 6.10 Å². The maximum absolute atomic E-state index is 6.01. The van der Waals surface area contributed by atoms with Gasteiger partial charge in [-0.25, -0.2) is 4.99 Å². The molecule has 0 saturated carbocycles. The Morgan fingerprint density at radius 1 is 1.16 bits per heavy atom. The Kier molecular flexibility index (Phi) is 8.18. The zero-order chi connectivity index (χ0) is 22.2. The van der Waals surface area contributed by atoms with Gasteiger partial charge in [-0.3, -0.25) is 9.58 Å². The molecule has 1 atom stereocenters. The maximum atomic E-state index is 6.01. The van der Waals surface area contributed by atoms with Gasteiger partial charge in [-0.2, -0.15) is 5.10 Å². The number of ether oxygens (including phenoxy) is 1. The summed E-state index contributed by atoms with van der Waals surface area (Å²) in [5.74, 6) is 0.961. The minimum absolute atomic E-state index is 0.0262. The van der Waals surface area contributed by atoms with Gasteiger partial charge in [0.2, 0.25) is 0 Å². The molecule has 4 rings (SSSR count). The number of hydrogen-bond acceptors (Lipinski definition) is 4. The minimum Gasteiger partial charge on any atom is -0.370 e. The van der Waals surface area contributed by atoms with Gasteiger partial charge in [0.1, 0.15) is 6.10 Å². The summed E-state index contributed by atoms with van der Waals surface area (Å²) in [6.45, 7) is 9.47. The molecule has 1 N–H and O–H groups in total. The van der Waals surface area contributed by atoms with E-state index in [1.165, 1.54) is 49.9 Å². The molecule has 174 valence electrons. The van der Waals surface area contributed by atoms with E-state index in [2.05, 4.69) is 51.4 Å². The second-order valence-corrected chi connectivity index (χ2v) is 8.93. The number of rotatable bonds is 6. The van der Waals surface area contributed by atoms with Crippen molar-refractivity contribution in [2.24, 2.45) is 12.0 Å². The van der Waals surface area contributed by atoms with Crippen LogP contribution in [0.2, 0.25) is 0 Å². The van der Waals surface area contributed by atoms with E-state index in [4.69, 9.17) is 9.73 Å². The first-order valence-electron chi connectivity index (χ1n) is 12.1. The Hall–Kier alpha value is -2.38. The number of hydrogen-bond donors (Lipinski definition) is 1. The van der Waals surface area contributed by atoms with Crippen molar-refractivity contribution >= 4 is 5.96 Å². The highest BCUT2D eigenvalue weighted by Crippen LogP contribution is 2.22. The van der Waals surface area contributed by atoms with Crippen LogP contribution in [0.15, 0.2) is 41.7 Å². The molecule has 7 heteroatoms. The summed E-state index contributed by atoms with van der Waals surface area (Å²) in [6.07, 6.45) is 9.37. The zero-order valence-electron chi connectivity index (χ0n) is 19.7. The van der Waals surface area contributed by atoms with Crippen molar-refractivity contribution in [2.45, 2.75) is 51.8 Å². The molecule has 0 bridgehead atoms. The average molecular weight is 439 g/mol. The number of likely N-dealkylation sites (tertiary alicyclic amines) is 1. The van der Waals surface area contributed by atoms with Gasteiger partial charge in [0.15, 0.2) is 5.96 Å². The number of nitrogens with one attached hydrogen (secondary N) is 1. The van der Waals surface area contributed by atoms with Crippen LogP contribution in [0.3, 0.4) is 0 Å². The molecule has 7 nitrogen and oxygen atoms in total. The zero-order valence-corrected chi connectivity index (χ0v) is 19.7. The van der Waals surface area contributed by atoms with Crippen molar-refractivity contribution in [3.63, 3.8) is 0 Å². The molecular formula is C25H38N6O. The van der Waals surface area contributed by atoms with Gasteiger partial charge in [0.25, 0.3) is 0 Å². The first kappa shape index (κ1) is 22.8. The summed E-state index contributed by atoms with van der Waals surface area (Å²) in [5.41, 5.74) is 3.78. The highest BCUT2D eigenvalue weighted by atomic mass is 16.5. The second kappa shape index (κ2) is 11.5. The topological polar surface area (TPSA) is 57.9 Å². The molecule has 0 spiro atoms. The third-order valence-corrected chi connectivity index (χ3v) is 6.31. The monoisotopic (exact) mass is 438 g/mol. The lowest BCUT2D eigenvalue weighted by Crippen LogP contribution is -2.48. The van der Waals surface area contributed by atoms with Crippen LogP contribution in [0.5, 0.6) is 0 Å². The molecule has 2 fully saturated rings. The van der Waals surface area contributed by atoms with Gasteiger partial charge in [0.05, 0.1) is 25.9 Å². The molecule has 0 amide bonds. The number of nitrogens with zero attached hydrogens (tertiary/aromatic N) is 5. The third kappa shape index (κ3) is 6.33. The highest BCUT2D eigenvalue weighted by Gasteiger charge is 2.25.